The largest absolute Gasteiger partial charge is 0.379 e. The van der Waals surface area contributed by atoms with Gasteiger partial charge in [-0.25, -0.2) is 4.98 Å². The van der Waals surface area contributed by atoms with E-state index in [1.165, 1.54) is 69.3 Å². The van der Waals surface area contributed by atoms with E-state index < -0.39 is 0 Å². The monoisotopic (exact) mass is 365 g/mol. The number of anilines is 1. The van der Waals surface area contributed by atoms with Gasteiger partial charge in [0.1, 0.15) is 10.0 Å². The Kier molecular flexibility index (Phi) is 8.03. The lowest BCUT2D eigenvalue weighted by Crippen LogP contribution is -2.30. The van der Waals surface area contributed by atoms with Crippen LogP contribution < -0.4 is 5.32 Å². The predicted octanol–water partition coefficient (Wildman–Crippen LogP) is 5.08. The molecule has 0 unspecified atom stereocenters. The Morgan fingerprint density at radius 1 is 1.08 bits per heavy atom. The maximum absolute atomic E-state index is 4.46. The fourth-order valence-electron chi connectivity index (χ4n) is 3.18. The van der Waals surface area contributed by atoms with Gasteiger partial charge in [0.2, 0.25) is 0 Å². The highest BCUT2D eigenvalue weighted by atomic mass is 35.5. The number of hydrogen-bond donors (Lipinski definition) is 1. The van der Waals surface area contributed by atoms with Crippen molar-refractivity contribution in [2.75, 3.05) is 32.0 Å². The third-order valence-electron chi connectivity index (χ3n) is 4.59. The van der Waals surface area contributed by atoms with Gasteiger partial charge in [-0.1, -0.05) is 42.0 Å². The molecule has 0 amide bonds. The number of unbranched alkanes of at least 4 members (excludes halogenated alkanes) is 1. The highest BCUT2D eigenvalue weighted by Crippen LogP contribution is 2.28. The molecular weight excluding hydrogens is 338 g/mol. The molecule has 1 saturated heterocycles. The molecule has 0 saturated carbocycles. The van der Waals surface area contributed by atoms with Crippen LogP contribution in [0.3, 0.4) is 0 Å². The Morgan fingerprint density at radius 2 is 1.83 bits per heavy atom. The molecule has 0 radical (unpaired) electrons. The standard InChI is InChI=1S/C19H27N3S.ClH/c1-20-18-15-21-19(23-18)17-10-8-16(9-11-17)7-3-6-14-22-12-4-2-5-13-22;/h8-11,15,20H,2-7,12-14H2,1H3;1H. The van der Waals surface area contributed by atoms with Crippen molar-refractivity contribution in [2.45, 2.75) is 38.5 Å². The molecule has 24 heavy (non-hydrogen) atoms. The minimum atomic E-state index is 0. The smallest absolute Gasteiger partial charge is 0.125 e. The van der Waals surface area contributed by atoms with Crippen molar-refractivity contribution in [2.24, 2.45) is 0 Å². The van der Waals surface area contributed by atoms with E-state index in [0.717, 1.165) is 10.0 Å². The van der Waals surface area contributed by atoms with E-state index >= 15 is 0 Å². The van der Waals surface area contributed by atoms with E-state index in [2.05, 4.69) is 39.5 Å². The summed E-state index contributed by atoms with van der Waals surface area (Å²) in [4.78, 5) is 7.10. The molecule has 0 bridgehead atoms. The molecule has 1 aliphatic rings. The van der Waals surface area contributed by atoms with Crippen molar-refractivity contribution in [3.8, 4) is 10.6 Å². The summed E-state index contributed by atoms with van der Waals surface area (Å²) in [5.74, 6) is 0. The average molecular weight is 366 g/mol. The third kappa shape index (κ3) is 5.47. The van der Waals surface area contributed by atoms with Crippen molar-refractivity contribution in [1.29, 1.82) is 0 Å². The van der Waals surface area contributed by atoms with Crippen LogP contribution in [-0.4, -0.2) is 36.6 Å². The van der Waals surface area contributed by atoms with Gasteiger partial charge in [0.15, 0.2) is 0 Å². The SMILES string of the molecule is CNc1cnc(-c2ccc(CCCCN3CCCCC3)cc2)s1.Cl. The van der Waals surface area contributed by atoms with Crippen LogP contribution in [0.15, 0.2) is 30.5 Å². The molecule has 1 N–H and O–H groups in total. The number of nitrogens with zero attached hydrogens (tertiary/aromatic N) is 2. The Morgan fingerprint density at radius 3 is 2.50 bits per heavy atom. The summed E-state index contributed by atoms with van der Waals surface area (Å²) in [6, 6.07) is 8.93. The van der Waals surface area contributed by atoms with Crippen molar-refractivity contribution in [1.82, 2.24) is 9.88 Å². The minimum absolute atomic E-state index is 0. The molecule has 1 fully saturated rings. The summed E-state index contributed by atoms with van der Waals surface area (Å²) in [5, 5.41) is 5.34. The highest BCUT2D eigenvalue weighted by molar-refractivity contribution is 7.18. The molecule has 1 aromatic carbocycles. The summed E-state index contributed by atoms with van der Waals surface area (Å²) < 4.78 is 0. The predicted molar refractivity (Wildman–Crippen MR) is 108 cm³/mol. The minimum Gasteiger partial charge on any atom is -0.379 e. The highest BCUT2D eigenvalue weighted by Gasteiger charge is 2.09. The number of piperidine rings is 1. The quantitative estimate of drug-likeness (QED) is 0.693. The zero-order chi connectivity index (χ0) is 15.9. The zero-order valence-corrected chi connectivity index (χ0v) is 16.1. The molecule has 3 nitrogen and oxygen atoms in total. The second kappa shape index (κ2) is 10.0. The van der Waals surface area contributed by atoms with Gasteiger partial charge in [-0.2, -0.15) is 0 Å². The molecule has 132 valence electrons. The number of rotatable bonds is 7. The van der Waals surface area contributed by atoms with Gasteiger partial charge in [0, 0.05) is 12.6 Å². The summed E-state index contributed by atoms with van der Waals surface area (Å²) in [5.41, 5.74) is 2.66. The first-order valence-electron chi connectivity index (χ1n) is 8.80. The van der Waals surface area contributed by atoms with E-state index in [9.17, 15) is 0 Å². The summed E-state index contributed by atoms with van der Waals surface area (Å²) in [7, 11) is 1.93. The van der Waals surface area contributed by atoms with Crippen LogP contribution in [0.5, 0.6) is 0 Å². The molecule has 3 rings (SSSR count). The van der Waals surface area contributed by atoms with Crippen molar-refractivity contribution >= 4 is 28.7 Å². The van der Waals surface area contributed by atoms with Gasteiger partial charge < -0.3 is 10.2 Å². The maximum atomic E-state index is 4.46. The number of aryl methyl sites for hydroxylation is 1. The van der Waals surface area contributed by atoms with Crippen LogP contribution in [0.25, 0.3) is 10.6 Å². The van der Waals surface area contributed by atoms with Crippen LogP contribution in [0.1, 0.15) is 37.7 Å². The molecule has 1 aliphatic heterocycles. The normalized spacial score (nSPS) is 15.0. The lowest BCUT2D eigenvalue weighted by Gasteiger charge is -2.26. The zero-order valence-electron chi connectivity index (χ0n) is 14.5. The third-order valence-corrected chi connectivity index (χ3v) is 5.66. The maximum Gasteiger partial charge on any atom is 0.125 e. The Labute approximate surface area is 155 Å². The number of halogens is 1. The molecule has 0 spiro atoms. The Balaban J connectivity index is 0.00000208. The average Bonchev–Trinajstić information content (AvgIpc) is 3.09. The Bertz CT molecular complexity index is 591. The van der Waals surface area contributed by atoms with Crippen molar-refractivity contribution in [3.05, 3.63) is 36.0 Å². The molecule has 0 aliphatic carbocycles. The van der Waals surface area contributed by atoms with Gasteiger partial charge in [-0.05, 0) is 57.3 Å². The van der Waals surface area contributed by atoms with Gasteiger partial charge in [-0.15, -0.1) is 12.4 Å². The molecular formula is C19H28ClN3S. The number of likely N-dealkylation sites (tertiary alicyclic amines) is 1. The van der Waals surface area contributed by atoms with Gasteiger partial charge in [-0.3, -0.25) is 0 Å². The lowest BCUT2D eigenvalue weighted by atomic mass is 10.1. The van der Waals surface area contributed by atoms with Crippen LogP contribution in [-0.2, 0) is 6.42 Å². The fourth-order valence-corrected chi connectivity index (χ4v) is 3.96. The van der Waals surface area contributed by atoms with E-state index in [1.807, 2.05) is 13.2 Å². The molecule has 2 aromatic rings. The second-order valence-electron chi connectivity index (χ2n) is 6.34. The first-order chi connectivity index (χ1) is 11.3. The lowest BCUT2D eigenvalue weighted by molar-refractivity contribution is 0.225. The Hall–Kier alpha value is -1.10. The number of nitrogens with one attached hydrogen (secondary N) is 1. The van der Waals surface area contributed by atoms with Crippen molar-refractivity contribution < 1.29 is 0 Å². The summed E-state index contributed by atoms with van der Waals surface area (Å²) >= 11 is 1.70. The second-order valence-corrected chi connectivity index (χ2v) is 7.37. The van der Waals surface area contributed by atoms with Crippen LogP contribution in [0.4, 0.5) is 5.00 Å². The van der Waals surface area contributed by atoms with Gasteiger partial charge >= 0.3 is 0 Å². The molecule has 5 heteroatoms. The van der Waals surface area contributed by atoms with Crippen LogP contribution in [0.2, 0.25) is 0 Å². The van der Waals surface area contributed by atoms with Crippen LogP contribution >= 0.6 is 23.7 Å². The molecule has 1 aromatic heterocycles. The number of hydrogen-bond acceptors (Lipinski definition) is 4. The van der Waals surface area contributed by atoms with Crippen LogP contribution in [0, 0.1) is 0 Å². The van der Waals surface area contributed by atoms with Gasteiger partial charge in [0.25, 0.3) is 0 Å². The number of benzene rings is 1. The summed E-state index contributed by atoms with van der Waals surface area (Å²) in [6.07, 6.45) is 9.91. The van der Waals surface area contributed by atoms with E-state index in [-0.39, 0.29) is 12.4 Å². The van der Waals surface area contributed by atoms with E-state index in [1.54, 1.807) is 11.3 Å². The fraction of sp³-hybridized carbons (Fsp3) is 0.526. The first kappa shape index (κ1) is 19.2. The topological polar surface area (TPSA) is 28.2 Å². The number of thiazole rings is 1. The van der Waals surface area contributed by atoms with Gasteiger partial charge in [0.05, 0.1) is 6.20 Å². The van der Waals surface area contributed by atoms with E-state index in [0.29, 0.717) is 0 Å². The first-order valence-corrected chi connectivity index (χ1v) is 9.62. The number of aromatic nitrogens is 1. The molecule has 2 heterocycles. The van der Waals surface area contributed by atoms with E-state index in [4.69, 9.17) is 0 Å². The molecule has 0 atom stereocenters. The summed E-state index contributed by atoms with van der Waals surface area (Å²) in [6.45, 7) is 3.91. The van der Waals surface area contributed by atoms with Crippen molar-refractivity contribution in [3.63, 3.8) is 0 Å².